The number of hydrogen-bond donors (Lipinski definition) is 0. The van der Waals surface area contributed by atoms with Crippen molar-refractivity contribution in [3.8, 4) is 17.2 Å². The molecule has 7 nitrogen and oxygen atoms in total. The molecule has 1 saturated heterocycles. The van der Waals surface area contributed by atoms with Crippen molar-refractivity contribution < 1.29 is 49.4 Å². The van der Waals surface area contributed by atoms with Gasteiger partial charge in [0, 0.05) is 13.0 Å². The Labute approximate surface area is 227 Å². The molecule has 0 N–H and O–H groups in total. The lowest BCUT2D eigenvalue weighted by Gasteiger charge is -2.32. The molecule has 0 spiro atoms. The van der Waals surface area contributed by atoms with Crippen LogP contribution in [0.2, 0.25) is 0 Å². The minimum absolute atomic E-state index is 0.0253. The molecule has 0 atom stereocenters. The smallest absolute Gasteiger partial charge is 0.491 e. The summed E-state index contributed by atoms with van der Waals surface area (Å²) in [5.41, 5.74) is -3.51. The van der Waals surface area contributed by atoms with Crippen molar-refractivity contribution in [2.75, 3.05) is 26.2 Å². The summed E-state index contributed by atoms with van der Waals surface area (Å²) >= 11 is 0. The molecule has 1 fully saturated rings. The molecule has 2 heterocycles. The van der Waals surface area contributed by atoms with Gasteiger partial charge in [0.15, 0.2) is 0 Å². The zero-order valence-electron chi connectivity index (χ0n) is 21.4. The van der Waals surface area contributed by atoms with Gasteiger partial charge >= 0.3 is 18.3 Å². The van der Waals surface area contributed by atoms with E-state index in [1.807, 2.05) is 0 Å². The van der Waals surface area contributed by atoms with Crippen molar-refractivity contribution in [2.24, 2.45) is 0 Å². The van der Waals surface area contributed by atoms with Gasteiger partial charge in [-0.2, -0.15) is 26.3 Å². The normalized spacial score (nSPS) is 16.1. The first kappa shape index (κ1) is 30.2. The van der Waals surface area contributed by atoms with E-state index in [-0.39, 0.29) is 31.1 Å². The zero-order chi connectivity index (χ0) is 30.2. The largest absolute Gasteiger partial charge is 0.494 e. The fourth-order valence-electron chi connectivity index (χ4n) is 4.60. The highest BCUT2D eigenvalue weighted by Gasteiger charge is 2.44. The summed E-state index contributed by atoms with van der Waals surface area (Å²) in [5.74, 6) is -6.76. The highest BCUT2D eigenvalue weighted by molar-refractivity contribution is 5.87. The van der Waals surface area contributed by atoms with Gasteiger partial charge in [0.05, 0.1) is 29.7 Å². The maximum atomic E-state index is 14.0. The van der Waals surface area contributed by atoms with E-state index < -0.39 is 52.0 Å². The quantitative estimate of drug-likeness (QED) is 0.152. The van der Waals surface area contributed by atoms with Gasteiger partial charge in [-0.3, -0.25) is 14.3 Å². The van der Waals surface area contributed by atoms with Crippen LogP contribution in [0.4, 0.5) is 35.1 Å². The van der Waals surface area contributed by atoms with Gasteiger partial charge in [0.2, 0.25) is 0 Å². The maximum Gasteiger partial charge on any atom is 0.491 e. The third-order valence-corrected chi connectivity index (χ3v) is 6.34. The van der Waals surface area contributed by atoms with Crippen LogP contribution >= 0.6 is 0 Å². The molecule has 0 unspecified atom stereocenters. The van der Waals surface area contributed by atoms with E-state index in [9.17, 15) is 44.7 Å². The van der Waals surface area contributed by atoms with Crippen LogP contribution < -0.4 is 15.0 Å². The zero-order valence-corrected chi connectivity index (χ0v) is 21.4. The van der Waals surface area contributed by atoms with Crippen LogP contribution in [0.5, 0.6) is 11.5 Å². The Morgan fingerprint density at radius 3 is 2.34 bits per heavy atom. The van der Waals surface area contributed by atoms with E-state index in [0.717, 1.165) is 10.6 Å². The first-order valence-electron chi connectivity index (χ1n) is 12.3. The third-order valence-electron chi connectivity index (χ3n) is 6.34. The number of aryl methyl sites for hydroxylation is 1. The summed E-state index contributed by atoms with van der Waals surface area (Å²) in [6, 6.07) is 6.95. The van der Waals surface area contributed by atoms with Crippen LogP contribution in [-0.2, 0) is 11.0 Å². The lowest BCUT2D eigenvalue weighted by Crippen LogP contribution is -2.43. The molecule has 1 aromatic heterocycles. The average Bonchev–Trinajstić information content (AvgIpc) is 2.86. The van der Waals surface area contributed by atoms with Gasteiger partial charge in [-0.05, 0) is 62.7 Å². The van der Waals surface area contributed by atoms with Crippen LogP contribution in [0.1, 0.15) is 30.7 Å². The summed E-state index contributed by atoms with van der Waals surface area (Å²) in [5, 5.41) is -1.08. The number of benzene rings is 2. The Balaban J connectivity index is 1.58. The first-order chi connectivity index (χ1) is 19.1. The SMILES string of the molecule is Cc1nc2ccc(OC(=O)C(F)(F)F)c(C(F)(F)F)c2c(=O)n1-c1ccc(OCCCN2CCCC(F)(F)C2)cc1. The van der Waals surface area contributed by atoms with Crippen molar-refractivity contribution >= 4 is 16.9 Å². The summed E-state index contributed by atoms with van der Waals surface area (Å²) in [7, 11) is 0. The first-order valence-corrected chi connectivity index (χ1v) is 12.3. The van der Waals surface area contributed by atoms with Crippen LogP contribution in [0.15, 0.2) is 41.2 Å². The minimum atomic E-state index is -5.57. The number of carbonyl (C=O) groups is 1. The van der Waals surface area contributed by atoms with Crippen LogP contribution in [0, 0.1) is 6.92 Å². The molecule has 2 aromatic carbocycles. The Hall–Kier alpha value is -3.75. The van der Waals surface area contributed by atoms with E-state index in [0.29, 0.717) is 37.7 Å². The number of hydrogen-bond acceptors (Lipinski definition) is 6. The molecular formula is C26H23F8N3O4. The van der Waals surface area contributed by atoms with Crippen molar-refractivity contribution in [1.29, 1.82) is 0 Å². The standard InChI is InChI=1S/C26H23F8N3O4/c1-15-35-18-8-9-19(41-23(39)26(32,33)34)21(25(29,30)31)20(18)22(38)37(15)16-4-6-17(7-5-16)40-13-3-12-36-11-2-10-24(27,28)14-36/h4-9H,2-3,10-14H2,1H3. The number of nitrogens with zero attached hydrogens (tertiary/aromatic N) is 3. The van der Waals surface area contributed by atoms with Gasteiger partial charge in [0.25, 0.3) is 11.5 Å². The Bertz CT molecular complexity index is 1480. The summed E-state index contributed by atoms with van der Waals surface area (Å²) in [6.07, 6.45) is -10.2. The van der Waals surface area contributed by atoms with Gasteiger partial charge < -0.3 is 9.47 Å². The number of likely N-dealkylation sites (tertiary alicyclic amines) is 1. The number of piperidine rings is 1. The van der Waals surface area contributed by atoms with Crippen LogP contribution in [0.25, 0.3) is 16.6 Å². The van der Waals surface area contributed by atoms with E-state index in [2.05, 4.69) is 9.72 Å². The summed E-state index contributed by atoms with van der Waals surface area (Å²) in [6.45, 7) is 2.22. The Morgan fingerprint density at radius 2 is 1.73 bits per heavy atom. The molecular weight excluding hydrogens is 570 g/mol. The molecule has 0 amide bonds. The number of alkyl halides is 8. The predicted molar refractivity (Wildman–Crippen MR) is 130 cm³/mol. The second-order valence-electron chi connectivity index (χ2n) is 9.45. The van der Waals surface area contributed by atoms with Gasteiger partial charge in [-0.1, -0.05) is 0 Å². The fraction of sp³-hybridized carbons (Fsp3) is 0.423. The highest BCUT2D eigenvalue weighted by atomic mass is 19.4. The monoisotopic (exact) mass is 593 g/mol. The number of ether oxygens (including phenoxy) is 2. The molecule has 4 rings (SSSR count). The Kier molecular flexibility index (Phi) is 8.30. The third kappa shape index (κ3) is 6.94. The van der Waals surface area contributed by atoms with Crippen molar-refractivity contribution in [3.05, 3.63) is 58.1 Å². The molecule has 0 radical (unpaired) electrons. The second kappa shape index (κ2) is 11.3. The highest BCUT2D eigenvalue weighted by Crippen LogP contribution is 2.40. The summed E-state index contributed by atoms with van der Waals surface area (Å²) < 4.78 is 117. The van der Waals surface area contributed by atoms with Gasteiger partial charge in [0.1, 0.15) is 22.9 Å². The Morgan fingerprint density at radius 1 is 1.05 bits per heavy atom. The van der Waals surface area contributed by atoms with Gasteiger partial charge in [-0.25, -0.2) is 18.6 Å². The molecule has 0 saturated carbocycles. The lowest BCUT2D eigenvalue weighted by atomic mass is 10.1. The summed E-state index contributed by atoms with van der Waals surface area (Å²) in [4.78, 5) is 30.2. The topological polar surface area (TPSA) is 73.7 Å². The van der Waals surface area contributed by atoms with Crippen molar-refractivity contribution in [2.45, 2.75) is 44.5 Å². The second-order valence-corrected chi connectivity index (χ2v) is 9.45. The van der Waals surface area contributed by atoms with Crippen molar-refractivity contribution in [1.82, 2.24) is 14.5 Å². The molecule has 222 valence electrons. The van der Waals surface area contributed by atoms with Gasteiger partial charge in [-0.15, -0.1) is 0 Å². The molecule has 3 aromatic rings. The van der Waals surface area contributed by atoms with E-state index in [4.69, 9.17) is 4.74 Å². The maximum absolute atomic E-state index is 14.0. The average molecular weight is 593 g/mol. The van der Waals surface area contributed by atoms with E-state index in [1.54, 1.807) is 4.90 Å². The molecule has 15 heteroatoms. The number of esters is 1. The van der Waals surface area contributed by atoms with E-state index >= 15 is 0 Å². The van der Waals surface area contributed by atoms with Crippen molar-refractivity contribution in [3.63, 3.8) is 0 Å². The van der Waals surface area contributed by atoms with Crippen LogP contribution in [0.3, 0.4) is 0 Å². The molecule has 0 aliphatic carbocycles. The lowest BCUT2D eigenvalue weighted by molar-refractivity contribution is -0.190. The fourth-order valence-corrected chi connectivity index (χ4v) is 4.60. The molecule has 1 aliphatic rings. The number of carbonyl (C=O) groups excluding carboxylic acids is 1. The molecule has 41 heavy (non-hydrogen) atoms. The molecule has 0 bridgehead atoms. The van der Waals surface area contributed by atoms with Crippen LogP contribution in [-0.4, -0.2) is 58.8 Å². The number of fused-ring (bicyclic) bond motifs is 1. The molecule has 1 aliphatic heterocycles. The minimum Gasteiger partial charge on any atom is -0.494 e. The predicted octanol–water partition coefficient (Wildman–Crippen LogP) is 5.68. The number of halogens is 8. The van der Waals surface area contributed by atoms with E-state index in [1.165, 1.54) is 31.2 Å². The number of rotatable bonds is 7. The number of aromatic nitrogens is 2.